The Hall–Kier alpha value is -1.55. The Morgan fingerprint density at radius 3 is 2.94 bits per heavy atom. The second-order valence-electron chi connectivity index (χ2n) is 4.38. The van der Waals surface area contributed by atoms with Gasteiger partial charge in [0.05, 0.1) is 13.7 Å². The Bertz CT molecular complexity index is 419. The van der Waals surface area contributed by atoms with Crippen LogP contribution < -0.4 is 4.74 Å². The summed E-state index contributed by atoms with van der Waals surface area (Å²) in [6.45, 7) is 4.34. The molecule has 1 saturated heterocycles. The van der Waals surface area contributed by atoms with Crippen LogP contribution in [0.5, 0.6) is 5.75 Å². The van der Waals surface area contributed by atoms with E-state index in [9.17, 15) is 4.79 Å². The maximum absolute atomic E-state index is 11.5. The van der Waals surface area contributed by atoms with Gasteiger partial charge in [-0.2, -0.15) is 0 Å². The molecule has 2 rings (SSSR count). The van der Waals surface area contributed by atoms with Gasteiger partial charge in [-0.3, -0.25) is 9.69 Å². The van der Waals surface area contributed by atoms with Gasteiger partial charge in [0.2, 0.25) is 0 Å². The van der Waals surface area contributed by atoms with Crippen molar-refractivity contribution in [3.8, 4) is 5.75 Å². The van der Waals surface area contributed by atoms with Crippen LogP contribution in [0.1, 0.15) is 18.9 Å². The van der Waals surface area contributed by atoms with Gasteiger partial charge in [-0.05, 0) is 31.0 Å². The quantitative estimate of drug-likeness (QED) is 0.746. The van der Waals surface area contributed by atoms with Gasteiger partial charge in [0, 0.05) is 13.1 Å². The van der Waals surface area contributed by atoms with Crippen molar-refractivity contribution < 1.29 is 14.3 Å². The standard InChI is InChI=1S/C14H19NO3/c1-3-18-12-6-4-5-11(9-12)10-15-8-7-13(15)14(16)17-2/h4-6,9,13H,3,7-8,10H2,1-2H3. The predicted octanol–water partition coefficient (Wildman–Crippen LogP) is 1.83. The highest BCUT2D eigenvalue weighted by Gasteiger charge is 2.34. The van der Waals surface area contributed by atoms with Crippen molar-refractivity contribution in [3.05, 3.63) is 29.8 Å². The number of nitrogens with zero attached hydrogens (tertiary/aromatic N) is 1. The minimum absolute atomic E-state index is 0.0780. The monoisotopic (exact) mass is 249 g/mol. The van der Waals surface area contributed by atoms with E-state index in [0.29, 0.717) is 6.61 Å². The summed E-state index contributed by atoms with van der Waals surface area (Å²) in [6.07, 6.45) is 0.887. The third-order valence-electron chi connectivity index (χ3n) is 3.20. The topological polar surface area (TPSA) is 38.8 Å². The third-order valence-corrected chi connectivity index (χ3v) is 3.20. The molecular formula is C14H19NO3. The summed E-state index contributed by atoms with van der Waals surface area (Å²) < 4.78 is 10.2. The summed E-state index contributed by atoms with van der Waals surface area (Å²) >= 11 is 0. The number of hydrogen-bond acceptors (Lipinski definition) is 4. The molecule has 0 N–H and O–H groups in total. The molecule has 0 bridgehead atoms. The summed E-state index contributed by atoms with van der Waals surface area (Å²) in [4.78, 5) is 13.6. The predicted molar refractivity (Wildman–Crippen MR) is 68.4 cm³/mol. The molecular weight excluding hydrogens is 230 g/mol. The van der Waals surface area contributed by atoms with Crippen LogP contribution in [0.4, 0.5) is 0 Å². The zero-order valence-corrected chi connectivity index (χ0v) is 10.9. The van der Waals surface area contributed by atoms with Crippen LogP contribution in [0.3, 0.4) is 0 Å². The SMILES string of the molecule is CCOc1cccc(CN2CCC2C(=O)OC)c1. The van der Waals surface area contributed by atoms with E-state index in [0.717, 1.165) is 30.8 Å². The Balaban J connectivity index is 1.97. The Morgan fingerprint density at radius 2 is 2.33 bits per heavy atom. The fourth-order valence-corrected chi connectivity index (χ4v) is 2.17. The van der Waals surface area contributed by atoms with Gasteiger partial charge in [0.25, 0.3) is 0 Å². The molecule has 1 aliphatic heterocycles. The minimum Gasteiger partial charge on any atom is -0.494 e. The molecule has 1 unspecified atom stereocenters. The number of carbonyl (C=O) groups is 1. The van der Waals surface area contributed by atoms with Gasteiger partial charge < -0.3 is 9.47 Å². The molecule has 0 saturated carbocycles. The number of esters is 1. The highest BCUT2D eigenvalue weighted by Crippen LogP contribution is 2.23. The second-order valence-corrected chi connectivity index (χ2v) is 4.38. The summed E-state index contributed by atoms with van der Waals surface area (Å²) in [5, 5.41) is 0. The van der Waals surface area contributed by atoms with Crippen LogP contribution >= 0.6 is 0 Å². The van der Waals surface area contributed by atoms with Crippen molar-refractivity contribution >= 4 is 5.97 Å². The normalized spacial score (nSPS) is 19.1. The lowest BCUT2D eigenvalue weighted by Gasteiger charge is -2.38. The maximum atomic E-state index is 11.5. The fraction of sp³-hybridized carbons (Fsp3) is 0.500. The molecule has 1 aromatic rings. The van der Waals surface area contributed by atoms with E-state index in [2.05, 4.69) is 11.0 Å². The number of methoxy groups -OCH3 is 1. The molecule has 1 atom stereocenters. The summed E-state index contributed by atoms with van der Waals surface area (Å²) in [5.41, 5.74) is 1.16. The molecule has 1 aliphatic rings. The van der Waals surface area contributed by atoms with Gasteiger partial charge in [0.1, 0.15) is 11.8 Å². The van der Waals surface area contributed by atoms with Crippen LogP contribution in [0.2, 0.25) is 0 Å². The molecule has 1 fully saturated rings. The van der Waals surface area contributed by atoms with Crippen molar-refractivity contribution in [2.45, 2.75) is 25.9 Å². The summed E-state index contributed by atoms with van der Waals surface area (Å²) in [5.74, 6) is 0.743. The van der Waals surface area contributed by atoms with Gasteiger partial charge in [-0.25, -0.2) is 0 Å². The van der Waals surface area contributed by atoms with Crippen molar-refractivity contribution in [1.29, 1.82) is 0 Å². The largest absolute Gasteiger partial charge is 0.494 e. The first-order chi connectivity index (χ1) is 8.74. The minimum atomic E-state index is -0.137. The van der Waals surface area contributed by atoms with Gasteiger partial charge >= 0.3 is 5.97 Å². The third kappa shape index (κ3) is 2.82. The average Bonchev–Trinajstić information content (AvgIpc) is 2.35. The first-order valence-corrected chi connectivity index (χ1v) is 6.28. The number of benzene rings is 1. The first-order valence-electron chi connectivity index (χ1n) is 6.28. The van der Waals surface area contributed by atoms with E-state index in [4.69, 9.17) is 9.47 Å². The van der Waals surface area contributed by atoms with Gasteiger partial charge in [-0.1, -0.05) is 12.1 Å². The van der Waals surface area contributed by atoms with Crippen LogP contribution in [0, 0.1) is 0 Å². The molecule has 1 aromatic carbocycles. The number of ether oxygens (including phenoxy) is 2. The molecule has 0 amide bonds. The summed E-state index contributed by atoms with van der Waals surface area (Å²) in [6, 6.07) is 7.92. The molecule has 0 aromatic heterocycles. The number of carbonyl (C=O) groups excluding carboxylic acids is 1. The molecule has 0 radical (unpaired) electrons. The van der Waals surface area contributed by atoms with Crippen molar-refractivity contribution in [3.63, 3.8) is 0 Å². The van der Waals surface area contributed by atoms with E-state index in [-0.39, 0.29) is 12.0 Å². The highest BCUT2D eigenvalue weighted by atomic mass is 16.5. The van der Waals surface area contributed by atoms with E-state index in [1.807, 2.05) is 25.1 Å². The zero-order chi connectivity index (χ0) is 13.0. The highest BCUT2D eigenvalue weighted by molar-refractivity contribution is 5.76. The van der Waals surface area contributed by atoms with Gasteiger partial charge in [0.15, 0.2) is 0 Å². The van der Waals surface area contributed by atoms with Crippen molar-refractivity contribution in [2.24, 2.45) is 0 Å². The van der Waals surface area contributed by atoms with Crippen molar-refractivity contribution in [1.82, 2.24) is 4.90 Å². The second kappa shape index (κ2) is 5.87. The Morgan fingerprint density at radius 1 is 1.50 bits per heavy atom. The number of likely N-dealkylation sites (tertiary alicyclic amines) is 1. The smallest absolute Gasteiger partial charge is 0.323 e. The zero-order valence-electron chi connectivity index (χ0n) is 10.9. The lowest BCUT2D eigenvalue weighted by Crippen LogP contribution is -2.52. The van der Waals surface area contributed by atoms with Crippen LogP contribution in [-0.4, -0.2) is 37.2 Å². The fourth-order valence-electron chi connectivity index (χ4n) is 2.17. The Kier molecular flexibility index (Phi) is 4.20. The van der Waals surface area contributed by atoms with Crippen LogP contribution in [0.15, 0.2) is 24.3 Å². The van der Waals surface area contributed by atoms with E-state index in [1.165, 1.54) is 7.11 Å². The van der Waals surface area contributed by atoms with Crippen molar-refractivity contribution in [2.75, 3.05) is 20.3 Å². The van der Waals surface area contributed by atoms with E-state index >= 15 is 0 Å². The van der Waals surface area contributed by atoms with Gasteiger partial charge in [-0.15, -0.1) is 0 Å². The molecule has 0 spiro atoms. The maximum Gasteiger partial charge on any atom is 0.323 e. The van der Waals surface area contributed by atoms with E-state index < -0.39 is 0 Å². The molecule has 0 aliphatic carbocycles. The summed E-state index contributed by atoms with van der Waals surface area (Å²) in [7, 11) is 1.44. The molecule has 4 nitrogen and oxygen atoms in total. The Labute approximate surface area is 107 Å². The lowest BCUT2D eigenvalue weighted by atomic mass is 10.0. The lowest BCUT2D eigenvalue weighted by molar-refractivity contribution is -0.152. The van der Waals surface area contributed by atoms with Crippen LogP contribution in [0.25, 0.3) is 0 Å². The number of hydrogen-bond donors (Lipinski definition) is 0. The van der Waals surface area contributed by atoms with Crippen LogP contribution in [-0.2, 0) is 16.1 Å². The van der Waals surface area contributed by atoms with E-state index in [1.54, 1.807) is 0 Å². The number of rotatable bonds is 5. The molecule has 1 heterocycles. The molecule has 98 valence electrons. The average molecular weight is 249 g/mol. The molecule has 4 heteroatoms. The first kappa shape index (κ1) is 12.9. The molecule has 18 heavy (non-hydrogen) atoms.